The first-order valence-electron chi connectivity index (χ1n) is 7.44. The van der Waals surface area contributed by atoms with Crippen molar-refractivity contribution in [2.45, 2.75) is 0 Å². The lowest BCUT2D eigenvalue weighted by molar-refractivity contribution is -0.384. The standard InChI is InChI=1S/C17H17N3O6/c1-24-15-8-3-12(9-16(15)25-2)10-18-19-17(21)11-26-14-6-4-13(5-7-14)20(22)23/h3-10H,11H2,1-2H3,(H,19,21)/b18-10-. The fourth-order valence-electron chi connectivity index (χ4n) is 1.96. The van der Waals surface area contributed by atoms with E-state index in [1.165, 1.54) is 44.7 Å². The Labute approximate surface area is 149 Å². The molecule has 136 valence electrons. The lowest BCUT2D eigenvalue weighted by Gasteiger charge is -2.07. The number of nitrogens with one attached hydrogen (secondary N) is 1. The van der Waals surface area contributed by atoms with E-state index in [4.69, 9.17) is 14.2 Å². The number of carbonyl (C=O) groups excluding carboxylic acids is 1. The number of ether oxygens (including phenoxy) is 3. The van der Waals surface area contributed by atoms with E-state index in [0.29, 0.717) is 22.8 Å². The quantitative estimate of drug-likeness (QED) is 0.439. The van der Waals surface area contributed by atoms with Crippen molar-refractivity contribution in [1.82, 2.24) is 5.43 Å². The van der Waals surface area contributed by atoms with Crippen LogP contribution in [0.1, 0.15) is 5.56 Å². The van der Waals surface area contributed by atoms with Crippen molar-refractivity contribution in [1.29, 1.82) is 0 Å². The maximum absolute atomic E-state index is 11.7. The van der Waals surface area contributed by atoms with E-state index in [1.54, 1.807) is 18.2 Å². The number of hydrogen-bond acceptors (Lipinski definition) is 7. The number of rotatable bonds is 8. The number of benzene rings is 2. The average molecular weight is 359 g/mol. The van der Waals surface area contributed by atoms with Gasteiger partial charge >= 0.3 is 0 Å². The number of hydrazone groups is 1. The van der Waals surface area contributed by atoms with Crippen molar-refractivity contribution >= 4 is 17.8 Å². The van der Waals surface area contributed by atoms with Crippen LogP contribution in [0.4, 0.5) is 5.69 Å². The summed E-state index contributed by atoms with van der Waals surface area (Å²) in [7, 11) is 3.06. The normalized spacial score (nSPS) is 10.4. The minimum Gasteiger partial charge on any atom is -0.493 e. The van der Waals surface area contributed by atoms with Gasteiger partial charge in [0, 0.05) is 12.1 Å². The summed E-state index contributed by atoms with van der Waals surface area (Å²) in [5, 5.41) is 14.4. The van der Waals surface area contributed by atoms with E-state index in [0.717, 1.165) is 0 Å². The number of carbonyl (C=O) groups is 1. The van der Waals surface area contributed by atoms with Crippen LogP contribution in [0.25, 0.3) is 0 Å². The molecule has 0 heterocycles. The third kappa shape index (κ3) is 5.20. The van der Waals surface area contributed by atoms with E-state index in [2.05, 4.69) is 10.5 Å². The third-order valence-corrected chi connectivity index (χ3v) is 3.23. The first-order valence-corrected chi connectivity index (χ1v) is 7.44. The highest BCUT2D eigenvalue weighted by atomic mass is 16.6. The van der Waals surface area contributed by atoms with E-state index in [9.17, 15) is 14.9 Å². The molecule has 0 aromatic heterocycles. The molecule has 0 atom stereocenters. The molecule has 1 amide bonds. The Morgan fingerprint density at radius 2 is 1.85 bits per heavy atom. The van der Waals surface area contributed by atoms with Gasteiger partial charge in [0.05, 0.1) is 25.4 Å². The minimum atomic E-state index is -0.515. The summed E-state index contributed by atoms with van der Waals surface area (Å²) in [6.45, 7) is -0.277. The van der Waals surface area contributed by atoms with Crippen LogP contribution in [0.2, 0.25) is 0 Å². The SMILES string of the molecule is COc1ccc(/C=N\NC(=O)COc2ccc([N+](=O)[O-])cc2)cc1OC. The fourth-order valence-corrected chi connectivity index (χ4v) is 1.96. The van der Waals surface area contributed by atoms with Crippen LogP contribution in [-0.2, 0) is 4.79 Å². The van der Waals surface area contributed by atoms with Gasteiger partial charge in [-0.1, -0.05) is 0 Å². The number of hydrogen-bond donors (Lipinski definition) is 1. The predicted octanol–water partition coefficient (Wildman–Crippen LogP) is 2.14. The minimum absolute atomic E-state index is 0.0543. The number of nitrogens with zero attached hydrogens (tertiary/aromatic N) is 2. The maximum Gasteiger partial charge on any atom is 0.277 e. The number of nitro groups is 1. The molecule has 0 spiro atoms. The fraction of sp³-hybridized carbons (Fsp3) is 0.176. The smallest absolute Gasteiger partial charge is 0.277 e. The van der Waals surface area contributed by atoms with E-state index < -0.39 is 10.8 Å². The lowest BCUT2D eigenvalue weighted by atomic mass is 10.2. The molecule has 1 N–H and O–H groups in total. The lowest BCUT2D eigenvalue weighted by Crippen LogP contribution is -2.24. The summed E-state index contributed by atoms with van der Waals surface area (Å²) in [6.07, 6.45) is 1.45. The number of non-ortho nitro benzene ring substituents is 1. The molecule has 2 aromatic rings. The summed E-state index contributed by atoms with van der Waals surface area (Å²) in [5.41, 5.74) is 2.98. The molecule has 0 bridgehead atoms. The largest absolute Gasteiger partial charge is 0.493 e. The molecule has 26 heavy (non-hydrogen) atoms. The van der Waals surface area contributed by atoms with Crippen molar-refractivity contribution in [2.24, 2.45) is 5.10 Å². The second-order valence-electron chi connectivity index (χ2n) is 4.95. The van der Waals surface area contributed by atoms with Gasteiger partial charge in [-0.05, 0) is 35.9 Å². The first-order chi connectivity index (χ1) is 12.5. The zero-order chi connectivity index (χ0) is 18.9. The average Bonchev–Trinajstić information content (AvgIpc) is 2.66. The molecule has 0 saturated carbocycles. The second kappa shape index (κ2) is 9.02. The highest BCUT2D eigenvalue weighted by Crippen LogP contribution is 2.26. The molecule has 0 fully saturated rings. The van der Waals surface area contributed by atoms with Crippen LogP contribution in [0.5, 0.6) is 17.2 Å². The zero-order valence-electron chi connectivity index (χ0n) is 14.2. The van der Waals surface area contributed by atoms with Crippen molar-refractivity contribution in [3.63, 3.8) is 0 Å². The van der Waals surface area contributed by atoms with Crippen LogP contribution >= 0.6 is 0 Å². The maximum atomic E-state index is 11.7. The van der Waals surface area contributed by atoms with Crippen molar-refractivity contribution in [3.8, 4) is 17.2 Å². The Morgan fingerprint density at radius 1 is 1.15 bits per heavy atom. The molecule has 9 nitrogen and oxygen atoms in total. The molecule has 0 saturated heterocycles. The molecule has 0 unspecified atom stereocenters. The number of nitro benzene ring substituents is 1. The summed E-state index contributed by atoms with van der Waals surface area (Å²) < 4.78 is 15.5. The van der Waals surface area contributed by atoms with Crippen LogP contribution in [0.3, 0.4) is 0 Å². The van der Waals surface area contributed by atoms with Crippen LogP contribution < -0.4 is 19.6 Å². The second-order valence-corrected chi connectivity index (χ2v) is 4.95. The summed E-state index contributed by atoms with van der Waals surface area (Å²) >= 11 is 0. The molecular weight excluding hydrogens is 342 g/mol. The van der Waals surface area contributed by atoms with Crippen molar-refractivity contribution in [2.75, 3.05) is 20.8 Å². The van der Waals surface area contributed by atoms with Gasteiger partial charge in [0.2, 0.25) is 0 Å². The summed E-state index contributed by atoms with van der Waals surface area (Å²) in [4.78, 5) is 21.7. The Hall–Kier alpha value is -3.62. The number of methoxy groups -OCH3 is 2. The van der Waals surface area contributed by atoms with E-state index in [1.807, 2.05) is 0 Å². The van der Waals surface area contributed by atoms with Gasteiger partial charge in [-0.25, -0.2) is 5.43 Å². The monoisotopic (exact) mass is 359 g/mol. The molecule has 0 aliphatic carbocycles. The molecule has 2 aromatic carbocycles. The third-order valence-electron chi connectivity index (χ3n) is 3.23. The Morgan fingerprint density at radius 3 is 2.46 bits per heavy atom. The van der Waals surface area contributed by atoms with Gasteiger partial charge in [-0.3, -0.25) is 14.9 Å². The molecule has 9 heteroatoms. The van der Waals surface area contributed by atoms with Gasteiger partial charge < -0.3 is 14.2 Å². The topological polar surface area (TPSA) is 112 Å². The Balaban J connectivity index is 1.84. The Kier molecular flexibility index (Phi) is 6.49. The highest BCUT2D eigenvalue weighted by Gasteiger charge is 2.06. The van der Waals surface area contributed by atoms with E-state index in [-0.39, 0.29) is 12.3 Å². The van der Waals surface area contributed by atoms with E-state index >= 15 is 0 Å². The Bertz CT molecular complexity index is 805. The summed E-state index contributed by atoms with van der Waals surface area (Å²) in [6, 6.07) is 10.6. The molecule has 2 rings (SSSR count). The molecule has 0 aliphatic rings. The predicted molar refractivity (Wildman–Crippen MR) is 93.9 cm³/mol. The molecule has 0 radical (unpaired) electrons. The first kappa shape index (κ1) is 18.7. The van der Waals surface area contributed by atoms with Gasteiger partial charge in [0.15, 0.2) is 18.1 Å². The molecule has 0 aliphatic heterocycles. The van der Waals surface area contributed by atoms with Gasteiger partial charge in [0.25, 0.3) is 11.6 Å². The van der Waals surface area contributed by atoms with Crippen molar-refractivity contribution < 1.29 is 23.9 Å². The van der Waals surface area contributed by atoms with Crippen LogP contribution in [-0.4, -0.2) is 37.9 Å². The van der Waals surface area contributed by atoms with Gasteiger partial charge in [-0.15, -0.1) is 0 Å². The zero-order valence-corrected chi connectivity index (χ0v) is 14.2. The van der Waals surface area contributed by atoms with Crippen LogP contribution in [0, 0.1) is 10.1 Å². The van der Waals surface area contributed by atoms with Gasteiger partial charge in [0.1, 0.15) is 5.75 Å². The van der Waals surface area contributed by atoms with Crippen LogP contribution in [0.15, 0.2) is 47.6 Å². The summed E-state index contributed by atoms with van der Waals surface area (Å²) in [5.74, 6) is 1.00. The van der Waals surface area contributed by atoms with Crippen molar-refractivity contribution in [3.05, 3.63) is 58.1 Å². The number of amides is 1. The van der Waals surface area contributed by atoms with Gasteiger partial charge in [-0.2, -0.15) is 5.10 Å². The molecular formula is C17H17N3O6. The highest BCUT2D eigenvalue weighted by molar-refractivity contribution is 5.83.